The molecule has 4 heteroatoms. The van der Waals surface area contributed by atoms with Gasteiger partial charge in [0.15, 0.2) is 0 Å². The van der Waals surface area contributed by atoms with Crippen LogP contribution in [0, 0.1) is 3.57 Å². The summed E-state index contributed by atoms with van der Waals surface area (Å²) >= 11 is 2.25. The summed E-state index contributed by atoms with van der Waals surface area (Å²) in [6.07, 6.45) is 2.49. The van der Waals surface area contributed by atoms with Crippen LogP contribution in [0.25, 0.3) is 10.9 Å². The van der Waals surface area contributed by atoms with Crippen LogP contribution in [0.3, 0.4) is 0 Å². The molecule has 2 aromatic carbocycles. The van der Waals surface area contributed by atoms with E-state index in [1.54, 1.807) is 0 Å². The molecule has 0 aliphatic heterocycles. The molecule has 0 bridgehead atoms. The third-order valence-corrected chi connectivity index (χ3v) is 4.11. The molecule has 0 unspecified atom stereocenters. The van der Waals surface area contributed by atoms with Crippen molar-refractivity contribution in [1.82, 2.24) is 4.57 Å². The summed E-state index contributed by atoms with van der Waals surface area (Å²) in [5.74, 6) is 0.0361. The van der Waals surface area contributed by atoms with E-state index < -0.39 is 0 Å². The largest absolute Gasteiger partial charge is 0.347 e. The summed E-state index contributed by atoms with van der Waals surface area (Å²) in [6.45, 7) is 0.684. The van der Waals surface area contributed by atoms with E-state index >= 15 is 0 Å². The second kappa shape index (κ2) is 6.30. The molecule has 0 radical (unpaired) electrons. The highest BCUT2D eigenvalue weighted by atomic mass is 127. The van der Waals surface area contributed by atoms with E-state index in [9.17, 15) is 4.79 Å². The zero-order chi connectivity index (χ0) is 14.7. The number of nitrogens with zero attached hydrogens (tertiary/aromatic N) is 1. The van der Waals surface area contributed by atoms with E-state index in [4.69, 9.17) is 0 Å². The SMILES string of the molecule is O=C(CCn1ccc2ccccc21)Nc1ccc(I)cc1. The number of aryl methyl sites for hydroxylation is 1. The topological polar surface area (TPSA) is 34.0 Å². The average Bonchev–Trinajstić information content (AvgIpc) is 2.91. The van der Waals surface area contributed by atoms with Crippen LogP contribution in [-0.4, -0.2) is 10.5 Å². The van der Waals surface area contributed by atoms with Crippen LogP contribution in [0.5, 0.6) is 0 Å². The zero-order valence-electron chi connectivity index (χ0n) is 11.4. The smallest absolute Gasteiger partial charge is 0.226 e. The van der Waals surface area contributed by atoms with Crippen molar-refractivity contribution in [3.63, 3.8) is 0 Å². The highest BCUT2D eigenvalue weighted by Gasteiger charge is 2.05. The third kappa shape index (κ3) is 3.44. The van der Waals surface area contributed by atoms with Gasteiger partial charge in [0.2, 0.25) is 5.91 Å². The van der Waals surface area contributed by atoms with Crippen LogP contribution in [-0.2, 0) is 11.3 Å². The summed E-state index contributed by atoms with van der Waals surface area (Å²) in [5, 5.41) is 4.13. The van der Waals surface area contributed by atoms with Crippen LogP contribution in [0.4, 0.5) is 5.69 Å². The van der Waals surface area contributed by atoms with E-state index in [1.807, 2.05) is 42.6 Å². The fraction of sp³-hybridized carbons (Fsp3) is 0.118. The number of benzene rings is 2. The molecular weight excluding hydrogens is 375 g/mol. The molecule has 0 saturated heterocycles. The van der Waals surface area contributed by atoms with Crippen molar-refractivity contribution >= 4 is 45.1 Å². The van der Waals surface area contributed by atoms with Gasteiger partial charge in [-0.2, -0.15) is 0 Å². The Morgan fingerprint density at radius 3 is 2.62 bits per heavy atom. The Bertz CT molecular complexity index is 762. The molecule has 0 aliphatic rings. The number of carbonyl (C=O) groups is 1. The predicted octanol–water partition coefficient (Wildman–Crippen LogP) is 4.27. The van der Waals surface area contributed by atoms with Gasteiger partial charge in [0.1, 0.15) is 0 Å². The number of aromatic nitrogens is 1. The summed E-state index contributed by atoms with van der Waals surface area (Å²) in [5.41, 5.74) is 2.01. The number of fused-ring (bicyclic) bond motifs is 1. The normalized spacial score (nSPS) is 10.7. The Balaban J connectivity index is 1.62. The fourth-order valence-corrected chi connectivity index (χ4v) is 2.67. The molecule has 0 fully saturated rings. The highest BCUT2D eigenvalue weighted by Crippen LogP contribution is 2.16. The Morgan fingerprint density at radius 1 is 1.05 bits per heavy atom. The minimum atomic E-state index is 0.0361. The number of hydrogen-bond acceptors (Lipinski definition) is 1. The maximum Gasteiger partial charge on any atom is 0.226 e. The first-order valence-corrected chi connectivity index (χ1v) is 7.89. The van der Waals surface area contributed by atoms with Crippen molar-refractivity contribution < 1.29 is 4.79 Å². The van der Waals surface area contributed by atoms with Crippen molar-refractivity contribution in [1.29, 1.82) is 0 Å². The second-order valence-corrected chi connectivity index (χ2v) is 6.12. The lowest BCUT2D eigenvalue weighted by Crippen LogP contribution is -2.14. The lowest BCUT2D eigenvalue weighted by atomic mass is 10.2. The molecule has 106 valence electrons. The quantitative estimate of drug-likeness (QED) is 0.664. The molecule has 3 nitrogen and oxygen atoms in total. The van der Waals surface area contributed by atoms with Gasteiger partial charge in [0.05, 0.1) is 0 Å². The minimum absolute atomic E-state index is 0.0361. The zero-order valence-corrected chi connectivity index (χ0v) is 13.6. The number of amides is 1. The van der Waals surface area contributed by atoms with E-state index in [-0.39, 0.29) is 5.91 Å². The van der Waals surface area contributed by atoms with Gasteiger partial charge in [0, 0.05) is 33.9 Å². The molecule has 21 heavy (non-hydrogen) atoms. The van der Waals surface area contributed by atoms with Crippen molar-refractivity contribution in [3.8, 4) is 0 Å². The summed E-state index contributed by atoms with van der Waals surface area (Å²) in [6, 6.07) is 18.1. The van der Waals surface area contributed by atoms with Crippen molar-refractivity contribution in [2.24, 2.45) is 0 Å². The van der Waals surface area contributed by atoms with E-state index in [0.29, 0.717) is 13.0 Å². The molecule has 1 amide bonds. The number of carbonyl (C=O) groups excluding carboxylic acids is 1. The number of para-hydroxylation sites is 1. The summed E-state index contributed by atoms with van der Waals surface area (Å²) in [7, 11) is 0. The third-order valence-electron chi connectivity index (χ3n) is 3.39. The fourth-order valence-electron chi connectivity index (χ4n) is 2.31. The maximum absolute atomic E-state index is 12.0. The van der Waals surface area contributed by atoms with Gasteiger partial charge < -0.3 is 9.88 Å². The number of halogens is 1. The lowest BCUT2D eigenvalue weighted by molar-refractivity contribution is -0.116. The molecule has 0 aliphatic carbocycles. The standard InChI is InChI=1S/C17H15IN2O/c18-14-5-7-15(8-6-14)19-17(21)10-12-20-11-9-13-3-1-2-4-16(13)20/h1-9,11H,10,12H2,(H,19,21). The first-order valence-electron chi connectivity index (χ1n) is 6.82. The Hall–Kier alpha value is -1.82. The van der Waals surface area contributed by atoms with Gasteiger partial charge in [0.25, 0.3) is 0 Å². The molecular formula is C17H15IN2O. The maximum atomic E-state index is 12.0. The number of hydrogen-bond donors (Lipinski definition) is 1. The minimum Gasteiger partial charge on any atom is -0.347 e. The van der Waals surface area contributed by atoms with Crippen LogP contribution < -0.4 is 5.32 Å². The molecule has 0 saturated carbocycles. The van der Waals surface area contributed by atoms with E-state index in [0.717, 1.165) is 9.26 Å². The molecule has 1 aromatic heterocycles. The first-order chi connectivity index (χ1) is 10.2. The van der Waals surface area contributed by atoms with Crippen LogP contribution in [0.1, 0.15) is 6.42 Å². The van der Waals surface area contributed by atoms with Gasteiger partial charge >= 0.3 is 0 Å². The molecule has 0 spiro atoms. The van der Waals surface area contributed by atoms with Gasteiger partial charge in [-0.25, -0.2) is 0 Å². The Labute approximate surface area is 137 Å². The van der Waals surface area contributed by atoms with E-state index in [2.05, 4.69) is 50.7 Å². The van der Waals surface area contributed by atoms with Gasteiger partial charge in [-0.3, -0.25) is 4.79 Å². The molecule has 1 heterocycles. The van der Waals surface area contributed by atoms with Crippen LogP contribution in [0.2, 0.25) is 0 Å². The van der Waals surface area contributed by atoms with Gasteiger partial charge in [-0.1, -0.05) is 18.2 Å². The van der Waals surface area contributed by atoms with E-state index in [1.165, 1.54) is 10.9 Å². The molecule has 1 N–H and O–H groups in total. The highest BCUT2D eigenvalue weighted by molar-refractivity contribution is 14.1. The Morgan fingerprint density at radius 2 is 1.81 bits per heavy atom. The monoisotopic (exact) mass is 390 g/mol. The predicted molar refractivity (Wildman–Crippen MR) is 94.3 cm³/mol. The number of anilines is 1. The molecule has 3 aromatic rings. The number of rotatable bonds is 4. The van der Waals surface area contributed by atoms with Crippen molar-refractivity contribution in [2.45, 2.75) is 13.0 Å². The second-order valence-electron chi connectivity index (χ2n) is 4.87. The van der Waals surface area contributed by atoms with Gasteiger partial charge in [-0.15, -0.1) is 0 Å². The summed E-state index contributed by atoms with van der Waals surface area (Å²) in [4.78, 5) is 12.0. The Kier molecular flexibility index (Phi) is 4.24. The lowest BCUT2D eigenvalue weighted by Gasteiger charge is -2.07. The van der Waals surface area contributed by atoms with Crippen molar-refractivity contribution in [2.75, 3.05) is 5.32 Å². The van der Waals surface area contributed by atoms with Gasteiger partial charge in [-0.05, 0) is 64.4 Å². The van der Waals surface area contributed by atoms with Crippen molar-refractivity contribution in [3.05, 3.63) is 64.4 Å². The molecule has 3 rings (SSSR count). The summed E-state index contributed by atoms with van der Waals surface area (Å²) < 4.78 is 3.27. The van der Waals surface area contributed by atoms with Crippen LogP contribution >= 0.6 is 22.6 Å². The molecule has 0 atom stereocenters. The number of nitrogens with one attached hydrogen (secondary N) is 1. The average molecular weight is 390 g/mol. The van der Waals surface area contributed by atoms with Crippen LogP contribution in [0.15, 0.2) is 60.8 Å². The first kappa shape index (κ1) is 14.1.